The molecule has 2 aromatic rings. The number of amides is 2. The topological polar surface area (TPSA) is 88.8 Å². The van der Waals surface area contributed by atoms with E-state index < -0.39 is 11.7 Å². The van der Waals surface area contributed by atoms with E-state index in [2.05, 4.69) is 15.4 Å². The van der Waals surface area contributed by atoms with E-state index in [9.17, 15) is 9.59 Å². The van der Waals surface area contributed by atoms with Crippen molar-refractivity contribution in [3.63, 3.8) is 0 Å². The SMILES string of the molecule is CCCNC(=O)c1cnc2c(N(C)C(=O)OC(C)(C)C)cc(C)nn12. The van der Waals surface area contributed by atoms with Gasteiger partial charge >= 0.3 is 6.09 Å². The Morgan fingerprint density at radius 3 is 2.64 bits per heavy atom. The van der Waals surface area contributed by atoms with Crippen LogP contribution in [-0.4, -0.2) is 45.8 Å². The molecule has 2 amide bonds. The largest absolute Gasteiger partial charge is 0.443 e. The zero-order chi connectivity index (χ0) is 18.8. The van der Waals surface area contributed by atoms with E-state index in [1.54, 1.807) is 40.8 Å². The molecular weight excluding hydrogens is 322 g/mol. The van der Waals surface area contributed by atoms with Gasteiger partial charge in [-0.05, 0) is 40.2 Å². The number of aryl methyl sites for hydroxylation is 1. The van der Waals surface area contributed by atoms with Crippen LogP contribution in [0.4, 0.5) is 10.5 Å². The van der Waals surface area contributed by atoms with E-state index in [4.69, 9.17) is 4.74 Å². The van der Waals surface area contributed by atoms with Crippen LogP contribution in [-0.2, 0) is 4.74 Å². The first-order valence-electron chi connectivity index (χ1n) is 8.24. The molecule has 0 spiro atoms. The van der Waals surface area contributed by atoms with Gasteiger partial charge in [0, 0.05) is 13.6 Å². The van der Waals surface area contributed by atoms with Gasteiger partial charge < -0.3 is 10.1 Å². The van der Waals surface area contributed by atoms with E-state index in [0.29, 0.717) is 29.3 Å². The molecule has 25 heavy (non-hydrogen) atoms. The van der Waals surface area contributed by atoms with Crippen molar-refractivity contribution >= 4 is 23.3 Å². The second-order valence-electron chi connectivity index (χ2n) is 6.85. The molecule has 0 aromatic carbocycles. The molecule has 0 saturated carbocycles. The predicted molar refractivity (Wildman–Crippen MR) is 95.0 cm³/mol. The summed E-state index contributed by atoms with van der Waals surface area (Å²) in [5.74, 6) is -0.252. The summed E-state index contributed by atoms with van der Waals surface area (Å²) in [6, 6.07) is 1.74. The third kappa shape index (κ3) is 4.26. The van der Waals surface area contributed by atoms with Crippen molar-refractivity contribution < 1.29 is 14.3 Å². The maximum Gasteiger partial charge on any atom is 0.414 e. The van der Waals surface area contributed by atoms with Gasteiger partial charge in [-0.1, -0.05) is 6.92 Å². The zero-order valence-corrected chi connectivity index (χ0v) is 15.6. The minimum atomic E-state index is -0.607. The molecule has 0 aliphatic carbocycles. The van der Waals surface area contributed by atoms with Crippen LogP contribution in [0.15, 0.2) is 12.3 Å². The number of ether oxygens (including phenoxy) is 1. The van der Waals surface area contributed by atoms with E-state index in [1.165, 1.54) is 15.6 Å². The van der Waals surface area contributed by atoms with E-state index >= 15 is 0 Å². The molecule has 1 N–H and O–H groups in total. The van der Waals surface area contributed by atoms with Gasteiger partial charge in [0.05, 0.1) is 17.6 Å². The van der Waals surface area contributed by atoms with Crippen LogP contribution in [0.3, 0.4) is 0 Å². The van der Waals surface area contributed by atoms with Crippen molar-refractivity contribution in [2.24, 2.45) is 0 Å². The van der Waals surface area contributed by atoms with Crippen molar-refractivity contribution in [3.05, 3.63) is 23.7 Å². The lowest BCUT2D eigenvalue weighted by molar-refractivity contribution is 0.0589. The summed E-state index contributed by atoms with van der Waals surface area (Å²) in [6.45, 7) is 9.75. The number of imidazole rings is 1. The smallest absolute Gasteiger partial charge is 0.414 e. The number of nitrogens with zero attached hydrogens (tertiary/aromatic N) is 4. The van der Waals surface area contributed by atoms with Crippen LogP contribution >= 0.6 is 0 Å². The van der Waals surface area contributed by atoms with E-state index in [1.807, 2.05) is 6.92 Å². The van der Waals surface area contributed by atoms with E-state index in [-0.39, 0.29) is 5.91 Å². The Hall–Kier alpha value is -2.64. The van der Waals surface area contributed by atoms with Crippen molar-refractivity contribution in [1.29, 1.82) is 0 Å². The van der Waals surface area contributed by atoms with E-state index in [0.717, 1.165) is 6.42 Å². The highest BCUT2D eigenvalue weighted by molar-refractivity contribution is 5.96. The lowest BCUT2D eigenvalue weighted by Gasteiger charge is -2.25. The van der Waals surface area contributed by atoms with Crippen LogP contribution in [0, 0.1) is 6.92 Å². The lowest BCUT2D eigenvalue weighted by Crippen LogP contribution is -2.34. The van der Waals surface area contributed by atoms with Crippen LogP contribution in [0.5, 0.6) is 0 Å². The highest BCUT2D eigenvalue weighted by atomic mass is 16.6. The number of carbonyl (C=O) groups excluding carboxylic acids is 2. The number of rotatable bonds is 4. The summed E-state index contributed by atoms with van der Waals surface area (Å²) in [6.07, 6.45) is 1.79. The first-order valence-corrected chi connectivity index (χ1v) is 8.24. The molecule has 0 aliphatic heterocycles. The van der Waals surface area contributed by atoms with Gasteiger partial charge in [0.2, 0.25) is 0 Å². The van der Waals surface area contributed by atoms with Gasteiger partial charge in [0.1, 0.15) is 5.60 Å². The van der Waals surface area contributed by atoms with Gasteiger partial charge in [-0.2, -0.15) is 5.10 Å². The maximum absolute atomic E-state index is 12.4. The molecule has 0 unspecified atom stereocenters. The monoisotopic (exact) mass is 347 g/mol. The fourth-order valence-corrected chi connectivity index (χ4v) is 2.23. The Kier molecular flexibility index (Phi) is 5.30. The van der Waals surface area contributed by atoms with Gasteiger partial charge in [-0.25, -0.2) is 14.3 Å². The van der Waals surface area contributed by atoms with Gasteiger partial charge in [0.15, 0.2) is 11.3 Å². The standard InChI is InChI=1S/C17H25N5O3/c1-7-8-18-15(23)13-10-19-14-12(9-11(2)20-22(13)14)21(6)16(24)25-17(3,4)5/h9-10H,7-8H2,1-6H3,(H,18,23). The number of nitrogens with one attached hydrogen (secondary N) is 1. The van der Waals surface area contributed by atoms with Gasteiger partial charge in [0.25, 0.3) is 5.91 Å². The Morgan fingerprint density at radius 1 is 1.36 bits per heavy atom. The van der Waals surface area contributed by atoms with Crippen molar-refractivity contribution in [2.45, 2.75) is 46.6 Å². The molecule has 8 heteroatoms. The van der Waals surface area contributed by atoms with Crippen molar-refractivity contribution in [1.82, 2.24) is 19.9 Å². The molecule has 0 aliphatic rings. The predicted octanol–water partition coefficient (Wildman–Crippen LogP) is 2.55. The number of aromatic nitrogens is 3. The molecule has 2 aromatic heterocycles. The Balaban J connectivity index is 2.43. The zero-order valence-electron chi connectivity index (χ0n) is 15.6. The molecule has 0 fully saturated rings. The minimum Gasteiger partial charge on any atom is -0.443 e. The van der Waals surface area contributed by atoms with Crippen LogP contribution in [0.1, 0.15) is 50.3 Å². The summed E-state index contributed by atoms with van der Waals surface area (Å²) in [7, 11) is 1.61. The molecule has 0 saturated heterocycles. The number of hydrogen-bond acceptors (Lipinski definition) is 5. The third-order valence-electron chi connectivity index (χ3n) is 3.37. The second kappa shape index (κ2) is 7.08. The Labute approximate surface area is 147 Å². The quantitative estimate of drug-likeness (QED) is 0.918. The minimum absolute atomic E-state index is 0.252. The molecule has 2 heterocycles. The molecule has 0 bridgehead atoms. The Bertz CT molecular complexity index is 791. The summed E-state index contributed by atoms with van der Waals surface area (Å²) in [4.78, 5) is 30.3. The molecule has 2 rings (SSSR count). The van der Waals surface area contributed by atoms with Crippen molar-refractivity contribution in [2.75, 3.05) is 18.5 Å². The molecule has 136 valence electrons. The Morgan fingerprint density at radius 2 is 2.04 bits per heavy atom. The van der Waals surface area contributed by atoms with Gasteiger partial charge in [-0.3, -0.25) is 9.69 Å². The summed E-state index contributed by atoms with van der Waals surface area (Å²) in [5.41, 5.74) is 1.31. The fourth-order valence-electron chi connectivity index (χ4n) is 2.23. The average molecular weight is 347 g/mol. The summed E-state index contributed by atoms with van der Waals surface area (Å²) >= 11 is 0. The molecule has 8 nitrogen and oxygen atoms in total. The first kappa shape index (κ1) is 18.7. The first-order chi connectivity index (χ1) is 11.6. The fraction of sp³-hybridized carbons (Fsp3) is 0.529. The summed E-state index contributed by atoms with van der Waals surface area (Å²) < 4.78 is 6.86. The number of carbonyl (C=O) groups is 2. The second-order valence-corrected chi connectivity index (χ2v) is 6.85. The highest BCUT2D eigenvalue weighted by Gasteiger charge is 2.24. The van der Waals surface area contributed by atoms with Crippen LogP contribution in [0.25, 0.3) is 5.65 Å². The number of hydrogen-bond donors (Lipinski definition) is 1. The van der Waals surface area contributed by atoms with Crippen molar-refractivity contribution in [3.8, 4) is 0 Å². The van der Waals surface area contributed by atoms with Crippen LogP contribution in [0.2, 0.25) is 0 Å². The lowest BCUT2D eigenvalue weighted by atomic mass is 10.2. The number of anilines is 1. The maximum atomic E-state index is 12.4. The number of fused-ring (bicyclic) bond motifs is 1. The third-order valence-corrected chi connectivity index (χ3v) is 3.37. The average Bonchev–Trinajstić information content (AvgIpc) is 2.93. The molecular formula is C17H25N5O3. The van der Waals surface area contributed by atoms with Crippen LogP contribution < -0.4 is 10.2 Å². The highest BCUT2D eigenvalue weighted by Crippen LogP contribution is 2.23. The van der Waals surface area contributed by atoms with Gasteiger partial charge in [-0.15, -0.1) is 0 Å². The summed E-state index contributed by atoms with van der Waals surface area (Å²) in [5, 5.41) is 7.16. The normalized spacial score (nSPS) is 11.4. The molecule has 0 radical (unpaired) electrons. The molecule has 0 atom stereocenters.